The maximum absolute atomic E-state index is 12.2. The van der Waals surface area contributed by atoms with Crippen LogP contribution in [0.15, 0.2) is 48.7 Å². The zero-order valence-corrected chi connectivity index (χ0v) is 17.5. The highest BCUT2D eigenvalue weighted by atomic mass is 32.2. The number of benzene rings is 1. The minimum atomic E-state index is -3.04. The van der Waals surface area contributed by atoms with Crippen LogP contribution < -0.4 is 15.4 Å². The molecule has 0 unspecified atom stereocenters. The fraction of sp³-hybridized carbons (Fsp3) is 0.381. The van der Waals surface area contributed by atoms with E-state index in [9.17, 15) is 18.0 Å². The van der Waals surface area contributed by atoms with Crippen molar-refractivity contribution in [1.82, 2.24) is 15.6 Å². The Hall–Kier alpha value is -2.94. The predicted octanol–water partition coefficient (Wildman–Crippen LogP) is 1.64. The van der Waals surface area contributed by atoms with Crippen LogP contribution in [0.2, 0.25) is 0 Å². The van der Waals surface area contributed by atoms with Crippen molar-refractivity contribution in [2.75, 3.05) is 18.1 Å². The van der Waals surface area contributed by atoms with Gasteiger partial charge in [-0.1, -0.05) is 30.3 Å². The first-order valence-electron chi connectivity index (χ1n) is 9.78. The standard InChI is InChI=1S/C21H25N3O5S/c1-15(16-5-3-2-4-6-16)29-20-8-7-17(13-23-20)21(26)22-11-9-19(25)24-18-10-12-30(27,28)14-18/h2-8,13,15,18H,9-12,14H2,1H3,(H,22,26)(H,24,25)/t15-,18-/m1/s1. The maximum atomic E-state index is 12.2. The smallest absolute Gasteiger partial charge is 0.252 e. The fourth-order valence-corrected chi connectivity index (χ4v) is 4.83. The number of nitrogens with one attached hydrogen (secondary N) is 2. The normalized spacial score (nSPS) is 18.4. The number of hydrogen-bond donors (Lipinski definition) is 2. The van der Waals surface area contributed by atoms with E-state index in [0.717, 1.165) is 5.56 Å². The van der Waals surface area contributed by atoms with Crippen molar-refractivity contribution >= 4 is 21.7 Å². The van der Waals surface area contributed by atoms with E-state index in [1.807, 2.05) is 37.3 Å². The summed E-state index contributed by atoms with van der Waals surface area (Å²) in [5, 5.41) is 5.35. The number of carbonyl (C=O) groups excluding carboxylic acids is 2. The second kappa shape index (κ2) is 9.71. The molecule has 8 nitrogen and oxygen atoms in total. The monoisotopic (exact) mass is 431 g/mol. The molecule has 1 aliphatic heterocycles. The minimum Gasteiger partial charge on any atom is -0.470 e. The van der Waals surface area contributed by atoms with Crippen LogP contribution >= 0.6 is 0 Å². The lowest BCUT2D eigenvalue weighted by Gasteiger charge is -2.14. The van der Waals surface area contributed by atoms with Crippen LogP contribution in [0.5, 0.6) is 5.88 Å². The molecule has 2 heterocycles. The molecule has 0 radical (unpaired) electrons. The van der Waals surface area contributed by atoms with Crippen molar-refractivity contribution < 1.29 is 22.7 Å². The van der Waals surface area contributed by atoms with Crippen LogP contribution in [0, 0.1) is 0 Å². The fourth-order valence-electron chi connectivity index (χ4n) is 3.16. The summed E-state index contributed by atoms with van der Waals surface area (Å²) in [5.41, 5.74) is 1.38. The van der Waals surface area contributed by atoms with Crippen molar-refractivity contribution in [1.29, 1.82) is 0 Å². The van der Waals surface area contributed by atoms with Gasteiger partial charge in [-0.05, 0) is 25.0 Å². The molecule has 0 aliphatic carbocycles. The number of amides is 2. The van der Waals surface area contributed by atoms with Gasteiger partial charge in [-0.2, -0.15) is 0 Å². The largest absolute Gasteiger partial charge is 0.470 e. The van der Waals surface area contributed by atoms with E-state index in [2.05, 4.69) is 15.6 Å². The zero-order valence-electron chi connectivity index (χ0n) is 16.7. The molecule has 9 heteroatoms. The highest BCUT2D eigenvalue weighted by Crippen LogP contribution is 2.19. The van der Waals surface area contributed by atoms with Gasteiger partial charge in [0.1, 0.15) is 6.10 Å². The van der Waals surface area contributed by atoms with Gasteiger partial charge in [0.15, 0.2) is 9.84 Å². The van der Waals surface area contributed by atoms with Crippen LogP contribution in [0.3, 0.4) is 0 Å². The molecule has 0 saturated carbocycles. The summed E-state index contributed by atoms with van der Waals surface area (Å²) in [5.74, 6) is -0.135. The zero-order chi connectivity index (χ0) is 21.6. The molecule has 2 aromatic rings. The van der Waals surface area contributed by atoms with Gasteiger partial charge in [0.25, 0.3) is 5.91 Å². The molecule has 1 aromatic heterocycles. The number of carbonyl (C=O) groups is 2. The Morgan fingerprint density at radius 2 is 1.97 bits per heavy atom. The van der Waals surface area contributed by atoms with Gasteiger partial charge in [0.2, 0.25) is 11.8 Å². The summed E-state index contributed by atoms with van der Waals surface area (Å²) in [6, 6.07) is 12.6. The van der Waals surface area contributed by atoms with Gasteiger partial charge in [-0.15, -0.1) is 0 Å². The molecule has 1 fully saturated rings. The molecule has 30 heavy (non-hydrogen) atoms. The Kier molecular flexibility index (Phi) is 7.04. The van der Waals surface area contributed by atoms with Crippen molar-refractivity contribution in [2.45, 2.75) is 31.9 Å². The molecule has 3 rings (SSSR count). The molecule has 1 aliphatic rings. The Labute approximate surface area is 176 Å². The lowest BCUT2D eigenvalue weighted by Crippen LogP contribution is -2.37. The van der Waals surface area contributed by atoms with E-state index >= 15 is 0 Å². The third kappa shape index (κ3) is 6.28. The molecular weight excluding hydrogens is 406 g/mol. The van der Waals surface area contributed by atoms with Crippen molar-refractivity contribution in [3.8, 4) is 5.88 Å². The van der Waals surface area contributed by atoms with E-state index in [1.54, 1.807) is 12.1 Å². The van der Waals surface area contributed by atoms with E-state index in [0.29, 0.717) is 17.9 Å². The molecule has 0 bridgehead atoms. The lowest BCUT2D eigenvalue weighted by molar-refractivity contribution is -0.121. The highest BCUT2D eigenvalue weighted by Gasteiger charge is 2.28. The Balaban J connectivity index is 1.42. The number of pyridine rings is 1. The molecule has 2 atom stereocenters. The summed E-state index contributed by atoms with van der Waals surface area (Å²) in [6.07, 6.45) is 1.76. The number of rotatable bonds is 8. The second-order valence-corrected chi connectivity index (χ2v) is 9.46. The number of aromatic nitrogens is 1. The van der Waals surface area contributed by atoms with Gasteiger partial charge < -0.3 is 15.4 Å². The first-order chi connectivity index (χ1) is 14.3. The van der Waals surface area contributed by atoms with Gasteiger partial charge in [0.05, 0.1) is 17.1 Å². The van der Waals surface area contributed by atoms with Crippen molar-refractivity contribution in [2.24, 2.45) is 0 Å². The van der Waals surface area contributed by atoms with Crippen LogP contribution in [-0.4, -0.2) is 49.3 Å². The molecular formula is C21H25N3O5S. The van der Waals surface area contributed by atoms with Crippen LogP contribution in [0.25, 0.3) is 0 Å². The summed E-state index contributed by atoms with van der Waals surface area (Å²) >= 11 is 0. The SMILES string of the molecule is C[C@@H](Oc1ccc(C(=O)NCCC(=O)N[C@@H]2CCS(=O)(=O)C2)cn1)c1ccccc1. The van der Waals surface area contributed by atoms with E-state index in [-0.39, 0.29) is 48.4 Å². The van der Waals surface area contributed by atoms with Crippen LogP contribution in [0.1, 0.15) is 41.8 Å². The summed E-state index contributed by atoms with van der Waals surface area (Å²) < 4.78 is 28.6. The van der Waals surface area contributed by atoms with Crippen molar-refractivity contribution in [3.63, 3.8) is 0 Å². The molecule has 2 amide bonds. The molecule has 2 N–H and O–H groups in total. The van der Waals surface area contributed by atoms with E-state index < -0.39 is 9.84 Å². The quantitative estimate of drug-likeness (QED) is 0.657. The lowest BCUT2D eigenvalue weighted by atomic mass is 10.1. The third-order valence-electron chi connectivity index (χ3n) is 4.80. The number of sulfone groups is 1. The molecule has 1 aromatic carbocycles. The number of nitrogens with zero attached hydrogens (tertiary/aromatic N) is 1. The Morgan fingerprint density at radius 1 is 1.20 bits per heavy atom. The Morgan fingerprint density at radius 3 is 2.60 bits per heavy atom. The number of hydrogen-bond acceptors (Lipinski definition) is 6. The van der Waals surface area contributed by atoms with Gasteiger partial charge in [0, 0.05) is 31.3 Å². The average Bonchev–Trinajstić information content (AvgIpc) is 3.07. The molecule has 160 valence electrons. The van der Waals surface area contributed by atoms with Gasteiger partial charge >= 0.3 is 0 Å². The van der Waals surface area contributed by atoms with Crippen LogP contribution in [0.4, 0.5) is 0 Å². The van der Waals surface area contributed by atoms with Gasteiger partial charge in [-0.25, -0.2) is 13.4 Å². The topological polar surface area (TPSA) is 114 Å². The first-order valence-corrected chi connectivity index (χ1v) is 11.6. The summed E-state index contributed by atoms with van der Waals surface area (Å²) in [7, 11) is -3.04. The van der Waals surface area contributed by atoms with E-state index in [1.165, 1.54) is 6.20 Å². The number of ether oxygens (including phenoxy) is 1. The predicted molar refractivity (Wildman–Crippen MR) is 112 cm³/mol. The minimum absolute atomic E-state index is 0.0198. The maximum Gasteiger partial charge on any atom is 0.252 e. The summed E-state index contributed by atoms with van der Waals surface area (Å²) in [4.78, 5) is 28.3. The molecule has 1 saturated heterocycles. The second-order valence-electron chi connectivity index (χ2n) is 7.23. The van der Waals surface area contributed by atoms with Crippen molar-refractivity contribution in [3.05, 3.63) is 59.8 Å². The third-order valence-corrected chi connectivity index (χ3v) is 6.57. The highest BCUT2D eigenvalue weighted by molar-refractivity contribution is 7.91. The summed E-state index contributed by atoms with van der Waals surface area (Å²) in [6.45, 7) is 2.07. The first kappa shape index (κ1) is 21.8. The Bertz CT molecular complexity index is 977. The van der Waals surface area contributed by atoms with Crippen LogP contribution in [-0.2, 0) is 14.6 Å². The average molecular weight is 432 g/mol. The van der Waals surface area contributed by atoms with Gasteiger partial charge in [-0.3, -0.25) is 9.59 Å². The molecule has 0 spiro atoms. The van der Waals surface area contributed by atoms with E-state index in [4.69, 9.17) is 4.74 Å².